The van der Waals surface area contributed by atoms with Crippen molar-refractivity contribution >= 4 is 46.4 Å². The molecule has 2 aromatic carbocycles. The number of nitrogens with zero attached hydrogens (tertiary/aromatic N) is 1. The summed E-state index contributed by atoms with van der Waals surface area (Å²) in [6, 6.07) is 9.87. The van der Waals surface area contributed by atoms with Crippen molar-refractivity contribution in [2.24, 2.45) is 0 Å². The third kappa shape index (κ3) is 4.59. The molecule has 6 nitrogen and oxygen atoms in total. The summed E-state index contributed by atoms with van der Waals surface area (Å²) in [4.78, 5) is 25.9. The van der Waals surface area contributed by atoms with Gasteiger partial charge in [-0.15, -0.1) is 0 Å². The normalized spacial score (nSPS) is 10.2. The number of rotatable bonds is 6. The first kappa shape index (κ1) is 19.9. The lowest BCUT2D eigenvalue weighted by molar-refractivity contribution is -0.120. The first-order valence-electron chi connectivity index (χ1n) is 7.61. The molecule has 0 aromatic heterocycles. The summed E-state index contributed by atoms with van der Waals surface area (Å²) >= 11 is 12.1. The molecule has 0 unspecified atom stereocenters. The molecule has 0 atom stereocenters. The van der Waals surface area contributed by atoms with Crippen LogP contribution in [0, 0.1) is 0 Å². The third-order valence-corrected chi connectivity index (χ3v) is 4.22. The number of benzene rings is 2. The van der Waals surface area contributed by atoms with E-state index in [1.165, 1.54) is 26.0 Å². The highest BCUT2D eigenvalue weighted by molar-refractivity contribution is 6.39. The van der Waals surface area contributed by atoms with Gasteiger partial charge in [0.15, 0.2) is 0 Å². The van der Waals surface area contributed by atoms with Crippen LogP contribution in [0.4, 0.5) is 11.4 Å². The number of halogens is 2. The molecule has 0 saturated heterocycles. The average Bonchev–Trinajstić information content (AvgIpc) is 2.62. The molecular formula is C18H18Cl2N2O4. The number of para-hydroxylation sites is 1. The van der Waals surface area contributed by atoms with Crippen LogP contribution in [0.2, 0.25) is 10.0 Å². The van der Waals surface area contributed by atoms with E-state index in [1.54, 1.807) is 36.4 Å². The van der Waals surface area contributed by atoms with E-state index in [4.69, 9.17) is 32.7 Å². The van der Waals surface area contributed by atoms with Gasteiger partial charge in [-0.3, -0.25) is 14.5 Å². The van der Waals surface area contributed by atoms with Gasteiger partial charge in [0.25, 0.3) is 0 Å². The highest BCUT2D eigenvalue weighted by Crippen LogP contribution is 2.33. The van der Waals surface area contributed by atoms with Gasteiger partial charge in [-0.2, -0.15) is 0 Å². The molecule has 0 fully saturated rings. The van der Waals surface area contributed by atoms with Crippen molar-refractivity contribution in [1.82, 2.24) is 0 Å². The fourth-order valence-electron chi connectivity index (χ4n) is 2.31. The number of amides is 2. The predicted octanol–water partition coefficient (Wildman–Crippen LogP) is 4.00. The van der Waals surface area contributed by atoms with Crippen molar-refractivity contribution in [3.05, 3.63) is 46.4 Å². The zero-order chi connectivity index (χ0) is 19.3. The van der Waals surface area contributed by atoms with Crippen LogP contribution in [0.15, 0.2) is 36.4 Å². The van der Waals surface area contributed by atoms with Crippen LogP contribution in [0.25, 0.3) is 0 Å². The van der Waals surface area contributed by atoms with Crippen molar-refractivity contribution < 1.29 is 19.1 Å². The van der Waals surface area contributed by atoms with E-state index in [9.17, 15) is 9.59 Å². The second-order valence-electron chi connectivity index (χ2n) is 5.29. The number of anilines is 2. The summed E-state index contributed by atoms with van der Waals surface area (Å²) in [5.74, 6) is 0.170. The van der Waals surface area contributed by atoms with E-state index in [0.717, 1.165) is 0 Å². The first-order valence-corrected chi connectivity index (χ1v) is 8.37. The molecule has 138 valence electrons. The van der Waals surface area contributed by atoms with Crippen LogP contribution in [0.1, 0.15) is 6.92 Å². The smallest absolute Gasteiger partial charge is 0.244 e. The van der Waals surface area contributed by atoms with Gasteiger partial charge < -0.3 is 14.8 Å². The maximum absolute atomic E-state index is 12.5. The molecule has 0 radical (unpaired) electrons. The summed E-state index contributed by atoms with van der Waals surface area (Å²) in [6.07, 6.45) is 0. The molecule has 0 spiro atoms. The van der Waals surface area contributed by atoms with E-state index in [-0.39, 0.29) is 12.5 Å². The second-order valence-corrected chi connectivity index (χ2v) is 6.10. The van der Waals surface area contributed by atoms with Crippen LogP contribution in [-0.4, -0.2) is 32.6 Å². The largest absolute Gasteiger partial charge is 0.497 e. The minimum atomic E-state index is -0.458. The van der Waals surface area contributed by atoms with Gasteiger partial charge in [-0.05, 0) is 24.3 Å². The Morgan fingerprint density at radius 2 is 1.73 bits per heavy atom. The lowest BCUT2D eigenvalue weighted by Crippen LogP contribution is -2.37. The molecule has 0 bridgehead atoms. The molecule has 0 aliphatic carbocycles. The highest BCUT2D eigenvalue weighted by Gasteiger charge is 2.21. The number of hydrogen-bond donors (Lipinski definition) is 1. The number of nitrogens with one attached hydrogen (secondary N) is 1. The Morgan fingerprint density at radius 3 is 2.27 bits per heavy atom. The van der Waals surface area contributed by atoms with Crippen molar-refractivity contribution in [2.75, 3.05) is 31.0 Å². The number of carbonyl (C=O) groups is 2. The number of methoxy groups -OCH3 is 2. The Hall–Kier alpha value is -2.44. The van der Waals surface area contributed by atoms with E-state index >= 15 is 0 Å². The van der Waals surface area contributed by atoms with Crippen molar-refractivity contribution in [2.45, 2.75) is 6.92 Å². The quantitative estimate of drug-likeness (QED) is 0.800. The molecule has 2 amide bonds. The standard InChI is InChI=1S/C18H18Cl2N2O4/c1-11(23)22(15-9-12(25-2)7-8-16(15)26-3)10-17(24)21-18-13(19)5-4-6-14(18)20/h4-9H,10H2,1-3H3,(H,21,24). The van der Waals surface area contributed by atoms with Gasteiger partial charge in [-0.1, -0.05) is 29.3 Å². The van der Waals surface area contributed by atoms with Gasteiger partial charge in [0.1, 0.15) is 18.0 Å². The van der Waals surface area contributed by atoms with Gasteiger partial charge in [0.05, 0.1) is 35.6 Å². The molecule has 1 N–H and O–H groups in total. The molecule has 0 saturated carbocycles. The highest BCUT2D eigenvalue weighted by atomic mass is 35.5. The number of carbonyl (C=O) groups excluding carboxylic acids is 2. The van der Waals surface area contributed by atoms with Crippen LogP contribution < -0.4 is 19.7 Å². The molecule has 2 aromatic rings. The maximum Gasteiger partial charge on any atom is 0.244 e. The van der Waals surface area contributed by atoms with E-state index in [0.29, 0.717) is 32.9 Å². The lowest BCUT2D eigenvalue weighted by Gasteiger charge is -2.23. The number of hydrogen-bond acceptors (Lipinski definition) is 4. The minimum absolute atomic E-state index is 0.250. The van der Waals surface area contributed by atoms with Crippen molar-refractivity contribution in [1.29, 1.82) is 0 Å². The van der Waals surface area contributed by atoms with Crippen molar-refractivity contribution in [3.63, 3.8) is 0 Å². The molecule has 26 heavy (non-hydrogen) atoms. The lowest BCUT2D eigenvalue weighted by atomic mass is 10.2. The third-order valence-electron chi connectivity index (χ3n) is 3.59. The van der Waals surface area contributed by atoms with Crippen LogP contribution in [-0.2, 0) is 9.59 Å². The molecule has 0 aliphatic heterocycles. The SMILES string of the molecule is COc1ccc(OC)c(N(CC(=O)Nc2c(Cl)cccc2Cl)C(C)=O)c1. The minimum Gasteiger partial charge on any atom is -0.497 e. The Morgan fingerprint density at radius 1 is 1.08 bits per heavy atom. The van der Waals surface area contributed by atoms with Gasteiger partial charge >= 0.3 is 0 Å². The fraction of sp³-hybridized carbons (Fsp3) is 0.222. The average molecular weight is 397 g/mol. The van der Waals surface area contributed by atoms with Gasteiger partial charge in [-0.25, -0.2) is 0 Å². The van der Waals surface area contributed by atoms with Crippen LogP contribution >= 0.6 is 23.2 Å². The van der Waals surface area contributed by atoms with E-state index in [1.807, 2.05) is 0 Å². The summed E-state index contributed by atoms with van der Waals surface area (Å²) < 4.78 is 10.5. The molecule has 2 rings (SSSR count). The van der Waals surface area contributed by atoms with Crippen molar-refractivity contribution in [3.8, 4) is 11.5 Å². The molecular weight excluding hydrogens is 379 g/mol. The summed E-state index contributed by atoms with van der Waals surface area (Å²) in [5.41, 5.74) is 0.710. The summed E-state index contributed by atoms with van der Waals surface area (Å²) in [5, 5.41) is 3.24. The molecule has 8 heteroatoms. The van der Waals surface area contributed by atoms with E-state index in [2.05, 4.69) is 5.32 Å². The Balaban J connectivity index is 2.29. The fourth-order valence-corrected chi connectivity index (χ4v) is 2.81. The second kappa shape index (κ2) is 8.78. The maximum atomic E-state index is 12.5. The van der Waals surface area contributed by atoms with Crippen LogP contribution in [0.5, 0.6) is 11.5 Å². The first-order chi connectivity index (χ1) is 12.4. The zero-order valence-corrected chi connectivity index (χ0v) is 16.0. The Kier molecular flexibility index (Phi) is 6.71. The summed E-state index contributed by atoms with van der Waals surface area (Å²) in [6.45, 7) is 1.11. The van der Waals surface area contributed by atoms with Crippen LogP contribution in [0.3, 0.4) is 0 Å². The topological polar surface area (TPSA) is 67.9 Å². The molecule has 0 heterocycles. The summed E-state index contributed by atoms with van der Waals surface area (Å²) in [7, 11) is 2.99. The predicted molar refractivity (Wildman–Crippen MR) is 103 cm³/mol. The Labute approximate surface area is 161 Å². The zero-order valence-electron chi connectivity index (χ0n) is 14.5. The monoisotopic (exact) mass is 396 g/mol. The van der Waals surface area contributed by atoms with Gasteiger partial charge in [0, 0.05) is 13.0 Å². The number of ether oxygens (including phenoxy) is 2. The van der Waals surface area contributed by atoms with E-state index < -0.39 is 5.91 Å². The Bertz CT molecular complexity index is 807. The van der Waals surface area contributed by atoms with Gasteiger partial charge in [0.2, 0.25) is 11.8 Å². The molecule has 0 aliphatic rings.